The Morgan fingerprint density at radius 2 is 1.70 bits per heavy atom. The van der Waals surface area contributed by atoms with Gasteiger partial charge >= 0.3 is 0 Å². The maximum atomic E-state index is 10.8. The van der Waals surface area contributed by atoms with Crippen molar-refractivity contribution in [1.82, 2.24) is 0 Å². The second kappa shape index (κ2) is 4.80. The van der Waals surface area contributed by atoms with Crippen LogP contribution in [0, 0.1) is 20.8 Å². The summed E-state index contributed by atoms with van der Waals surface area (Å²) >= 11 is 0. The lowest BCUT2D eigenvalue weighted by Gasteiger charge is -2.15. The summed E-state index contributed by atoms with van der Waals surface area (Å²) in [6, 6.07) is 13.9. The van der Waals surface area contributed by atoms with Crippen LogP contribution in [-0.2, 0) is 0 Å². The molecule has 2 aromatic carbocycles. The molecule has 0 aliphatic carbocycles. The molecule has 1 aromatic heterocycles. The minimum absolute atomic E-state index is 0.654. The zero-order valence-corrected chi connectivity index (χ0v) is 12.0. The van der Waals surface area contributed by atoms with Gasteiger partial charge in [-0.15, -0.1) is 0 Å². The van der Waals surface area contributed by atoms with E-state index in [4.69, 9.17) is 4.42 Å². The molecule has 0 fully saturated rings. The fourth-order valence-corrected chi connectivity index (χ4v) is 2.75. The molecule has 3 aromatic rings. The third-order valence-electron chi connectivity index (χ3n) is 4.03. The van der Waals surface area contributed by atoms with Crippen molar-refractivity contribution in [1.29, 1.82) is 0 Å². The summed E-state index contributed by atoms with van der Waals surface area (Å²) in [6.45, 7) is 6.01. The number of aryl methyl sites for hydroxylation is 2. The Morgan fingerprint density at radius 1 is 0.950 bits per heavy atom. The topological polar surface area (TPSA) is 33.4 Å². The van der Waals surface area contributed by atoms with Crippen molar-refractivity contribution in [3.05, 3.63) is 70.5 Å². The highest BCUT2D eigenvalue weighted by Gasteiger charge is 2.21. The first-order chi connectivity index (χ1) is 9.59. The SMILES string of the molecule is Cc1cccc(C(O)c2c(C)oc3ccccc23)c1C. The molecule has 3 rings (SSSR count). The maximum Gasteiger partial charge on any atom is 0.134 e. The second-order valence-electron chi connectivity index (χ2n) is 5.26. The smallest absolute Gasteiger partial charge is 0.134 e. The van der Waals surface area contributed by atoms with Gasteiger partial charge < -0.3 is 9.52 Å². The molecule has 0 aliphatic heterocycles. The number of rotatable bonds is 2. The Bertz CT molecular complexity index is 768. The van der Waals surface area contributed by atoms with Gasteiger partial charge in [-0.05, 0) is 43.5 Å². The van der Waals surface area contributed by atoms with Gasteiger partial charge in [-0.1, -0.05) is 36.4 Å². The summed E-state index contributed by atoms with van der Waals surface area (Å²) in [5.74, 6) is 0.777. The van der Waals surface area contributed by atoms with Crippen LogP contribution < -0.4 is 0 Å². The summed E-state index contributed by atoms with van der Waals surface area (Å²) in [6.07, 6.45) is -0.654. The molecule has 2 heteroatoms. The molecule has 0 aliphatic rings. The highest BCUT2D eigenvalue weighted by molar-refractivity contribution is 5.83. The Balaban J connectivity index is 2.20. The zero-order valence-electron chi connectivity index (χ0n) is 12.0. The molecule has 0 radical (unpaired) electrons. The number of hydrogen-bond acceptors (Lipinski definition) is 2. The van der Waals surface area contributed by atoms with Gasteiger partial charge in [0.1, 0.15) is 17.4 Å². The Labute approximate surface area is 118 Å². The van der Waals surface area contributed by atoms with Gasteiger partial charge in [0.15, 0.2) is 0 Å². The van der Waals surface area contributed by atoms with Crippen LogP contribution in [0.5, 0.6) is 0 Å². The highest BCUT2D eigenvalue weighted by atomic mass is 16.3. The highest BCUT2D eigenvalue weighted by Crippen LogP contribution is 2.35. The van der Waals surface area contributed by atoms with E-state index in [0.29, 0.717) is 0 Å². The molecule has 20 heavy (non-hydrogen) atoms. The molecule has 1 N–H and O–H groups in total. The van der Waals surface area contributed by atoms with E-state index in [1.165, 1.54) is 5.56 Å². The van der Waals surface area contributed by atoms with E-state index < -0.39 is 6.10 Å². The Hall–Kier alpha value is -2.06. The van der Waals surface area contributed by atoms with E-state index in [2.05, 4.69) is 13.0 Å². The van der Waals surface area contributed by atoms with Crippen LogP contribution in [0.2, 0.25) is 0 Å². The zero-order chi connectivity index (χ0) is 14.3. The first-order valence-electron chi connectivity index (χ1n) is 6.82. The minimum atomic E-state index is -0.654. The number of benzene rings is 2. The van der Waals surface area contributed by atoms with Crippen molar-refractivity contribution in [2.24, 2.45) is 0 Å². The van der Waals surface area contributed by atoms with Crippen LogP contribution >= 0.6 is 0 Å². The molecule has 1 atom stereocenters. The van der Waals surface area contributed by atoms with Crippen molar-refractivity contribution in [3.63, 3.8) is 0 Å². The quantitative estimate of drug-likeness (QED) is 0.744. The predicted octanol–water partition coefficient (Wildman–Crippen LogP) is 4.44. The summed E-state index contributed by atoms with van der Waals surface area (Å²) in [5, 5.41) is 11.8. The number of aliphatic hydroxyl groups excluding tert-OH is 1. The lowest BCUT2D eigenvalue weighted by Crippen LogP contribution is -2.03. The molecular weight excluding hydrogens is 248 g/mol. The minimum Gasteiger partial charge on any atom is -0.461 e. The van der Waals surface area contributed by atoms with E-state index in [1.54, 1.807) is 0 Å². The van der Waals surface area contributed by atoms with Gasteiger partial charge in [0.2, 0.25) is 0 Å². The van der Waals surface area contributed by atoms with Crippen LogP contribution in [0.4, 0.5) is 0 Å². The lowest BCUT2D eigenvalue weighted by atomic mass is 9.93. The van der Waals surface area contributed by atoms with Gasteiger partial charge in [0, 0.05) is 10.9 Å². The number of furan rings is 1. The van der Waals surface area contributed by atoms with Gasteiger partial charge in [0.05, 0.1) is 0 Å². The predicted molar refractivity (Wildman–Crippen MR) is 80.9 cm³/mol. The van der Waals surface area contributed by atoms with Crippen LogP contribution in [-0.4, -0.2) is 5.11 Å². The lowest BCUT2D eigenvalue weighted by molar-refractivity contribution is 0.218. The number of fused-ring (bicyclic) bond motifs is 1. The third-order valence-corrected chi connectivity index (χ3v) is 4.03. The van der Waals surface area contributed by atoms with E-state index >= 15 is 0 Å². The molecule has 102 valence electrons. The van der Waals surface area contributed by atoms with E-state index in [0.717, 1.165) is 33.4 Å². The molecule has 0 bridgehead atoms. The molecule has 1 unspecified atom stereocenters. The summed E-state index contributed by atoms with van der Waals surface area (Å²) in [7, 11) is 0. The average Bonchev–Trinajstić information content (AvgIpc) is 2.77. The van der Waals surface area contributed by atoms with E-state index in [-0.39, 0.29) is 0 Å². The first-order valence-corrected chi connectivity index (χ1v) is 6.82. The van der Waals surface area contributed by atoms with Crippen molar-refractivity contribution >= 4 is 11.0 Å². The molecule has 1 heterocycles. The Morgan fingerprint density at radius 3 is 2.50 bits per heavy atom. The summed E-state index contributed by atoms with van der Waals surface area (Å²) in [5.41, 5.74) is 4.95. The monoisotopic (exact) mass is 266 g/mol. The summed E-state index contributed by atoms with van der Waals surface area (Å²) in [4.78, 5) is 0. The van der Waals surface area contributed by atoms with Crippen LogP contribution in [0.1, 0.15) is 34.1 Å². The standard InChI is InChI=1S/C18H18O2/c1-11-7-6-9-14(12(11)2)18(19)17-13(3)20-16-10-5-4-8-15(16)17/h4-10,18-19H,1-3H3. The first kappa shape index (κ1) is 12.9. The summed E-state index contributed by atoms with van der Waals surface area (Å²) < 4.78 is 5.75. The van der Waals surface area contributed by atoms with Gasteiger partial charge in [-0.2, -0.15) is 0 Å². The van der Waals surface area contributed by atoms with E-state index in [9.17, 15) is 5.11 Å². The second-order valence-corrected chi connectivity index (χ2v) is 5.26. The van der Waals surface area contributed by atoms with Crippen LogP contribution in [0.15, 0.2) is 46.9 Å². The van der Waals surface area contributed by atoms with Crippen molar-refractivity contribution in [2.75, 3.05) is 0 Å². The Kier molecular flexibility index (Phi) is 3.11. The van der Waals surface area contributed by atoms with Gasteiger partial charge in [0.25, 0.3) is 0 Å². The molecule has 0 amide bonds. The fourth-order valence-electron chi connectivity index (χ4n) is 2.75. The molecule has 0 saturated carbocycles. The molecule has 0 spiro atoms. The van der Waals surface area contributed by atoms with Crippen molar-refractivity contribution in [2.45, 2.75) is 26.9 Å². The number of hydrogen-bond donors (Lipinski definition) is 1. The third kappa shape index (κ3) is 1.93. The normalized spacial score (nSPS) is 12.8. The molecular formula is C18H18O2. The molecule has 2 nitrogen and oxygen atoms in total. The van der Waals surface area contributed by atoms with Crippen LogP contribution in [0.25, 0.3) is 11.0 Å². The number of aliphatic hydroxyl groups is 1. The molecule has 0 saturated heterocycles. The maximum absolute atomic E-state index is 10.8. The largest absolute Gasteiger partial charge is 0.461 e. The average molecular weight is 266 g/mol. The number of para-hydroxylation sites is 1. The fraction of sp³-hybridized carbons (Fsp3) is 0.222. The van der Waals surface area contributed by atoms with Gasteiger partial charge in [-0.25, -0.2) is 0 Å². The van der Waals surface area contributed by atoms with Crippen molar-refractivity contribution in [3.8, 4) is 0 Å². The van der Waals surface area contributed by atoms with Gasteiger partial charge in [-0.3, -0.25) is 0 Å². The van der Waals surface area contributed by atoms with Crippen molar-refractivity contribution < 1.29 is 9.52 Å². The van der Waals surface area contributed by atoms with E-state index in [1.807, 2.05) is 50.2 Å². The van der Waals surface area contributed by atoms with Crippen LogP contribution in [0.3, 0.4) is 0 Å².